The van der Waals surface area contributed by atoms with Gasteiger partial charge >= 0.3 is 39.5 Å². The highest BCUT2D eigenvalue weighted by Gasteiger charge is 2.30. The summed E-state index contributed by atoms with van der Waals surface area (Å²) in [6.07, 6.45) is 63.9. The predicted octanol–water partition coefficient (Wildman–Crippen LogP) is 25.3. The number of phosphoric acid groups is 2. The Morgan fingerprint density at radius 1 is 0.282 bits per heavy atom. The van der Waals surface area contributed by atoms with Crippen LogP contribution in [0.4, 0.5) is 0 Å². The van der Waals surface area contributed by atoms with Crippen molar-refractivity contribution in [3.8, 4) is 0 Å². The van der Waals surface area contributed by atoms with Crippen molar-refractivity contribution in [1.29, 1.82) is 0 Å². The molecule has 103 heavy (non-hydrogen) atoms. The summed E-state index contributed by atoms with van der Waals surface area (Å²) in [5.41, 5.74) is 0. The largest absolute Gasteiger partial charge is 0.472 e. The fraction of sp³-hybridized carbons (Fsp3) is 0.952. The van der Waals surface area contributed by atoms with Gasteiger partial charge in [0, 0.05) is 25.7 Å². The Morgan fingerprint density at radius 2 is 0.495 bits per heavy atom. The molecule has 0 aliphatic rings. The molecule has 612 valence electrons. The van der Waals surface area contributed by atoms with Crippen molar-refractivity contribution in [3.05, 3.63) is 0 Å². The molecule has 0 aromatic carbocycles. The third-order valence-electron chi connectivity index (χ3n) is 20.4. The molecule has 0 spiro atoms. The molecule has 0 aromatic heterocycles. The summed E-state index contributed by atoms with van der Waals surface area (Å²) in [5, 5.41) is 10.7. The number of hydrogen-bond acceptors (Lipinski definition) is 15. The van der Waals surface area contributed by atoms with Crippen molar-refractivity contribution in [2.75, 3.05) is 39.6 Å². The van der Waals surface area contributed by atoms with E-state index in [0.717, 1.165) is 114 Å². The molecule has 0 saturated heterocycles. The van der Waals surface area contributed by atoms with Gasteiger partial charge in [-0.3, -0.25) is 37.3 Å². The summed E-state index contributed by atoms with van der Waals surface area (Å²) in [6, 6.07) is 0. The molecule has 0 aromatic rings. The standard InChI is InChI=1S/C84H164O17P2/c1-8-11-12-13-14-15-16-17-18-19-20-21-22-23-24-29-34-39-44-53-60-67-83(88)100-79(71-94-81(86)65-58-51-43-38-33-28-26-25-27-32-37-42-49-56-63-76(6)9-2)73-98-102(90,91)96-69-78(85)70-97-103(92,93)99-74-80(72-95-82(87)66-59-52-47-46-50-57-64-77(7)10-3)101-84(89)68-61-54-45-40-35-30-31-36-41-48-55-62-75(4)5/h75-80,85H,8-74H2,1-7H3,(H,90,91)(H,92,93)/t76?,77?,78-,79-,80-/m1/s1. The predicted molar refractivity (Wildman–Crippen MR) is 423 cm³/mol. The van der Waals surface area contributed by atoms with Gasteiger partial charge < -0.3 is 33.8 Å². The molecular formula is C84H164O17P2. The third-order valence-corrected chi connectivity index (χ3v) is 22.3. The maximum absolute atomic E-state index is 13.1. The van der Waals surface area contributed by atoms with Crippen LogP contribution in [-0.4, -0.2) is 96.7 Å². The van der Waals surface area contributed by atoms with Crippen molar-refractivity contribution < 1.29 is 80.2 Å². The lowest BCUT2D eigenvalue weighted by Gasteiger charge is -2.21. The number of phosphoric ester groups is 2. The first-order chi connectivity index (χ1) is 49.8. The summed E-state index contributed by atoms with van der Waals surface area (Å²) < 4.78 is 68.8. The second-order valence-corrected chi connectivity index (χ2v) is 34.1. The van der Waals surface area contributed by atoms with Crippen LogP contribution in [0.1, 0.15) is 440 Å². The van der Waals surface area contributed by atoms with Gasteiger partial charge in [-0.15, -0.1) is 0 Å². The van der Waals surface area contributed by atoms with Crippen LogP contribution < -0.4 is 0 Å². The highest BCUT2D eigenvalue weighted by atomic mass is 31.2. The molecule has 17 nitrogen and oxygen atoms in total. The van der Waals surface area contributed by atoms with Crippen molar-refractivity contribution in [2.24, 2.45) is 17.8 Å². The zero-order valence-corrected chi connectivity index (χ0v) is 69.6. The number of esters is 4. The van der Waals surface area contributed by atoms with Crippen molar-refractivity contribution in [3.63, 3.8) is 0 Å². The maximum Gasteiger partial charge on any atom is 0.472 e. The highest BCUT2D eigenvalue weighted by Crippen LogP contribution is 2.45. The van der Waals surface area contributed by atoms with Crippen LogP contribution in [-0.2, 0) is 65.4 Å². The van der Waals surface area contributed by atoms with Crippen LogP contribution in [0.3, 0.4) is 0 Å². The Labute approximate surface area is 632 Å². The normalized spacial score (nSPS) is 14.4. The number of aliphatic hydroxyl groups excluding tert-OH is 1. The molecule has 0 heterocycles. The third kappa shape index (κ3) is 75.3. The zero-order chi connectivity index (χ0) is 75.8. The van der Waals surface area contributed by atoms with Crippen LogP contribution in [0, 0.1) is 17.8 Å². The van der Waals surface area contributed by atoms with Gasteiger partial charge in [0.05, 0.1) is 26.4 Å². The summed E-state index contributed by atoms with van der Waals surface area (Å²) >= 11 is 0. The number of rotatable bonds is 82. The first-order valence-electron chi connectivity index (χ1n) is 43.4. The van der Waals surface area contributed by atoms with Gasteiger partial charge in [0.2, 0.25) is 0 Å². The Morgan fingerprint density at radius 3 is 0.738 bits per heavy atom. The molecule has 0 radical (unpaired) electrons. The van der Waals surface area contributed by atoms with E-state index < -0.39 is 97.5 Å². The molecule has 7 atom stereocenters. The molecule has 3 N–H and O–H groups in total. The number of unbranched alkanes of at least 4 members (excludes halogenated alkanes) is 48. The first-order valence-corrected chi connectivity index (χ1v) is 46.4. The lowest BCUT2D eigenvalue weighted by Crippen LogP contribution is -2.30. The monoisotopic (exact) mass is 1510 g/mol. The molecule has 0 rings (SSSR count). The number of carbonyl (C=O) groups excluding carboxylic acids is 4. The van der Waals surface area contributed by atoms with Gasteiger partial charge in [0.25, 0.3) is 0 Å². The van der Waals surface area contributed by atoms with E-state index in [1.165, 1.54) is 244 Å². The fourth-order valence-corrected chi connectivity index (χ4v) is 14.5. The molecule has 0 amide bonds. The number of hydrogen-bond donors (Lipinski definition) is 3. The van der Waals surface area contributed by atoms with Crippen LogP contribution in [0.5, 0.6) is 0 Å². The molecule has 0 fully saturated rings. The van der Waals surface area contributed by atoms with Crippen molar-refractivity contribution >= 4 is 39.5 Å². The lowest BCUT2D eigenvalue weighted by atomic mass is 9.99. The second kappa shape index (κ2) is 74.2. The molecule has 0 saturated carbocycles. The number of ether oxygens (including phenoxy) is 4. The fourth-order valence-electron chi connectivity index (χ4n) is 13.0. The lowest BCUT2D eigenvalue weighted by molar-refractivity contribution is -0.161. The first kappa shape index (κ1) is 101. The minimum Gasteiger partial charge on any atom is -0.462 e. The maximum atomic E-state index is 13.1. The van der Waals surface area contributed by atoms with Crippen LogP contribution in [0.15, 0.2) is 0 Å². The molecule has 4 unspecified atom stereocenters. The molecule has 0 aliphatic carbocycles. The minimum absolute atomic E-state index is 0.106. The van der Waals surface area contributed by atoms with Gasteiger partial charge in [0.15, 0.2) is 12.2 Å². The van der Waals surface area contributed by atoms with E-state index in [-0.39, 0.29) is 25.7 Å². The summed E-state index contributed by atoms with van der Waals surface area (Å²) in [5.74, 6) is 0.237. The van der Waals surface area contributed by atoms with Gasteiger partial charge in [-0.2, -0.15) is 0 Å². The summed E-state index contributed by atoms with van der Waals surface area (Å²) in [6.45, 7) is 12.0. The van der Waals surface area contributed by atoms with E-state index in [1.54, 1.807) is 0 Å². The van der Waals surface area contributed by atoms with Crippen LogP contribution >= 0.6 is 15.6 Å². The van der Waals surface area contributed by atoms with E-state index in [1.807, 2.05) is 0 Å². The average Bonchev–Trinajstić information content (AvgIpc) is 0.922. The number of carbonyl (C=O) groups is 4. The topological polar surface area (TPSA) is 237 Å². The average molecular weight is 1510 g/mol. The van der Waals surface area contributed by atoms with Gasteiger partial charge in [0.1, 0.15) is 19.3 Å². The van der Waals surface area contributed by atoms with Crippen LogP contribution in [0.2, 0.25) is 0 Å². The summed E-state index contributed by atoms with van der Waals surface area (Å²) in [4.78, 5) is 73.1. The van der Waals surface area contributed by atoms with Crippen molar-refractivity contribution in [2.45, 2.75) is 458 Å². The van der Waals surface area contributed by atoms with Crippen molar-refractivity contribution in [1.82, 2.24) is 0 Å². The Balaban J connectivity index is 5.23. The smallest absolute Gasteiger partial charge is 0.462 e. The second-order valence-electron chi connectivity index (χ2n) is 31.2. The molecule has 0 bridgehead atoms. The van der Waals surface area contributed by atoms with E-state index >= 15 is 0 Å². The summed E-state index contributed by atoms with van der Waals surface area (Å²) in [7, 11) is -9.93. The molecular weight excluding hydrogens is 1340 g/mol. The zero-order valence-electron chi connectivity index (χ0n) is 67.8. The van der Waals surface area contributed by atoms with Gasteiger partial charge in [-0.1, -0.05) is 389 Å². The van der Waals surface area contributed by atoms with E-state index in [9.17, 15) is 43.2 Å². The highest BCUT2D eigenvalue weighted by molar-refractivity contribution is 7.47. The van der Waals surface area contributed by atoms with Gasteiger partial charge in [-0.05, 0) is 43.4 Å². The SMILES string of the molecule is CCCCCCCCCCCCCCCCCCCCCCCC(=O)O[C@H](COC(=O)CCCCCCCCCCCCCCCCC(C)CC)COP(=O)(O)OC[C@@H](O)COP(=O)(O)OC[C@@H](COC(=O)CCCCCCCCC(C)CC)OC(=O)CCCCCCCCCCCCCC(C)C. The molecule has 19 heteroatoms. The van der Waals surface area contributed by atoms with Crippen LogP contribution in [0.25, 0.3) is 0 Å². The Hall–Kier alpha value is -1.94. The van der Waals surface area contributed by atoms with E-state index in [0.29, 0.717) is 25.7 Å². The quantitative estimate of drug-likeness (QED) is 0.0222. The van der Waals surface area contributed by atoms with Gasteiger partial charge in [-0.25, -0.2) is 9.13 Å². The minimum atomic E-state index is -4.97. The molecule has 0 aliphatic heterocycles. The van der Waals surface area contributed by atoms with E-state index in [2.05, 4.69) is 48.5 Å². The van der Waals surface area contributed by atoms with E-state index in [4.69, 9.17) is 37.0 Å². The number of aliphatic hydroxyl groups is 1. The Kier molecular flexibility index (Phi) is 72.8. The Bertz CT molecular complexity index is 2000.